The molecule has 102 valence electrons. The Bertz CT molecular complexity index is 518. The number of carbonyl (C=O) groups excluding carboxylic acids is 2. The summed E-state index contributed by atoms with van der Waals surface area (Å²) < 4.78 is 42.2. The van der Waals surface area contributed by atoms with Crippen molar-refractivity contribution in [3.05, 3.63) is 18.0 Å². The second-order valence-corrected chi connectivity index (χ2v) is 3.78. The van der Waals surface area contributed by atoms with Crippen molar-refractivity contribution in [2.24, 2.45) is 0 Å². The Morgan fingerprint density at radius 3 is 2.74 bits per heavy atom. The van der Waals surface area contributed by atoms with Crippen LogP contribution in [-0.4, -0.2) is 27.9 Å². The van der Waals surface area contributed by atoms with E-state index >= 15 is 0 Å². The number of rotatable bonds is 2. The minimum absolute atomic E-state index is 0.0510. The summed E-state index contributed by atoms with van der Waals surface area (Å²) >= 11 is 0. The molecule has 2 rings (SSSR count). The molecule has 1 aliphatic heterocycles. The second kappa shape index (κ2) is 4.82. The summed E-state index contributed by atoms with van der Waals surface area (Å²) in [7, 11) is 0. The maximum atomic E-state index is 12.4. The first-order valence-corrected chi connectivity index (χ1v) is 5.27. The highest BCUT2D eigenvalue weighted by Gasteiger charge is 2.34. The monoisotopic (exact) mass is 275 g/mol. The van der Waals surface area contributed by atoms with E-state index in [0.717, 1.165) is 6.20 Å². The predicted molar refractivity (Wildman–Crippen MR) is 53.8 cm³/mol. The first-order valence-electron chi connectivity index (χ1n) is 5.27. The number of carbonyl (C=O) groups is 2. The zero-order chi connectivity index (χ0) is 14.0. The van der Waals surface area contributed by atoms with E-state index in [0.29, 0.717) is 6.07 Å². The number of halogens is 3. The number of imide groups is 1. The first kappa shape index (κ1) is 13.2. The molecule has 1 aromatic rings. The molecule has 1 aliphatic rings. The number of piperidine rings is 1. The Morgan fingerprint density at radius 1 is 1.37 bits per heavy atom. The lowest BCUT2D eigenvalue weighted by molar-refractivity contribution is -0.141. The number of alkyl halides is 3. The van der Waals surface area contributed by atoms with Gasteiger partial charge in [0.2, 0.25) is 5.91 Å². The molecule has 9 heteroatoms. The SMILES string of the molecule is O=C1CCC(Oc2nccc(C(F)(F)F)n2)C(=O)N1. The molecular weight excluding hydrogens is 267 g/mol. The maximum Gasteiger partial charge on any atom is 0.433 e. The Kier molecular flexibility index (Phi) is 3.36. The number of hydrogen-bond donors (Lipinski definition) is 1. The summed E-state index contributed by atoms with van der Waals surface area (Å²) in [5, 5.41) is 2.01. The fourth-order valence-electron chi connectivity index (χ4n) is 1.47. The van der Waals surface area contributed by atoms with Crippen molar-refractivity contribution >= 4 is 11.8 Å². The minimum atomic E-state index is -4.62. The fourth-order valence-corrected chi connectivity index (χ4v) is 1.47. The molecule has 0 spiro atoms. The van der Waals surface area contributed by atoms with Crippen molar-refractivity contribution in [2.75, 3.05) is 0 Å². The molecule has 0 saturated carbocycles. The van der Waals surface area contributed by atoms with Gasteiger partial charge in [0.15, 0.2) is 11.8 Å². The molecule has 19 heavy (non-hydrogen) atoms. The highest BCUT2D eigenvalue weighted by Crippen LogP contribution is 2.28. The number of amides is 2. The van der Waals surface area contributed by atoms with E-state index in [1.807, 2.05) is 5.32 Å². The van der Waals surface area contributed by atoms with Crippen LogP contribution in [0.2, 0.25) is 0 Å². The normalized spacial score (nSPS) is 20.1. The molecule has 0 aromatic carbocycles. The lowest BCUT2D eigenvalue weighted by Gasteiger charge is -2.20. The van der Waals surface area contributed by atoms with Gasteiger partial charge in [-0.15, -0.1) is 0 Å². The Hall–Kier alpha value is -2.19. The molecule has 2 heterocycles. The fraction of sp³-hybridized carbons (Fsp3) is 0.400. The number of hydrogen-bond acceptors (Lipinski definition) is 5. The van der Waals surface area contributed by atoms with E-state index in [1.54, 1.807) is 0 Å². The highest BCUT2D eigenvalue weighted by atomic mass is 19.4. The van der Waals surface area contributed by atoms with Crippen LogP contribution >= 0.6 is 0 Å². The molecule has 1 fully saturated rings. The van der Waals surface area contributed by atoms with Crippen LogP contribution in [0.4, 0.5) is 13.2 Å². The molecule has 1 unspecified atom stereocenters. The van der Waals surface area contributed by atoms with Crippen LogP contribution in [0.1, 0.15) is 18.5 Å². The summed E-state index contributed by atoms with van der Waals surface area (Å²) in [5.41, 5.74) is -1.16. The third-order valence-electron chi connectivity index (χ3n) is 2.36. The molecule has 1 saturated heterocycles. The van der Waals surface area contributed by atoms with Crippen molar-refractivity contribution in [3.8, 4) is 6.01 Å². The van der Waals surface area contributed by atoms with Gasteiger partial charge in [-0.2, -0.15) is 18.2 Å². The van der Waals surface area contributed by atoms with Crippen molar-refractivity contribution in [3.63, 3.8) is 0 Å². The van der Waals surface area contributed by atoms with Gasteiger partial charge in [-0.05, 0) is 6.07 Å². The first-order chi connectivity index (χ1) is 8.86. The Morgan fingerprint density at radius 2 is 2.11 bits per heavy atom. The summed E-state index contributed by atoms with van der Waals surface area (Å²) in [6, 6.07) is 0.140. The van der Waals surface area contributed by atoms with E-state index in [9.17, 15) is 22.8 Å². The van der Waals surface area contributed by atoms with Gasteiger partial charge in [0.1, 0.15) is 0 Å². The van der Waals surface area contributed by atoms with Gasteiger partial charge in [0.05, 0.1) is 0 Å². The molecule has 2 amide bonds. The molecule has 6 nitrogen and oxygen atoms in total. The topological polar surface area (TPSA) is 81.2 Å². The summed E-state index contributed by atoms with van der Waals surface area (Å²) in [6.07, 6.45) is -4.68. The molecular formula is C10H8F3N3O3. The van der Waals surface area contributed by atoms with E-state index in [1.165, 1.54) is 0 Å². The quantitative estimate of drug-likeness (QED) is 0.803. The average Bonchev–Trinajstić information content (AvgIpc) is 2.32. The Labute approximate surface area is 105 Å². The Balaban J connectivity index is 2.11. The zero-order valence-electron chi connectivity index (χ0n) is 9.40. The van der Waals surface area contributed by atoms with Gasteiger partial charge >= 0.3 is 12.2 Å². The van der Waals surface area contributed by atoms with E-state index in [4.69, 9.17) is 4.74 Å². The van der Waals surface area contributed by atoms with Crippen molar-refractivity contribution < 1.29 is 27.5 Å². The predicted octanol–water partition coefficient (Wildman–Crippen LogP) is 0.679. The molecule has 1 atom stereocenters. The van der Waals surface area contributed by atoms with E-state index in [2.05, 4.69) is 9.97 Å². The summed E-state index contributed by atoms with van der Waals surface area (Å²) in [5.74, 6) is -1.16. The van der Waals surface area contributed by atoms with Gasteiger partial charge in [-0.1, -0.05) is 0 Å². The smallest absolute Gasteiger partial charge is 0.433 e. The van der Waals surface area contributed by atoms with E-state index in [-0.39, 0.29) is 12.8 Å². The summed E-state index contributed by atoms with van der Waals surface area (Å²) in [4.78, 5) is 28.9. The van der Waals surface area contributed by atoms with Gasteiger partial charge in [-0.3, -0.25) is 14.9 Å². The third-order valence-corrected chi connectivity index (χ3v) is 2.36. The van der Waals surface area contributed by atoms with Crippen LogP contribution < -0.4 is 10.1 Å². The number of ether oxygens (including phenoxy) is 1. The van der Waals surface area contributed by atoms with Crippen LogP contribution in [0.25, 0.3) is 0 Å². The highest BCUT2D eigenvalue weighted by molar-refractivity contribution is 5.99. The van der Waals surface area contributed by atoms with Crippen molar-refractivity contribution in [1.29, 1.82) is 0 Å². The van der Waals surface area contributed by atoms with Gasteiger partial charge in [0, 0.05) is 19.0 Å². The minimum Gasteiger partial charge on any atom is -0.450 e. The third kappa shape index (κ3) is 3.18. The molecule has 0 aliphatic carbocycles. The molecule has 0 bridgehead atoms. The second-order valence-electron chi connectivity index (χ2n) is 3.78. The summed E-state index contributed by atoms with van der Waals surface area (Å²) in [6.45, 7) is 0. The largest absolute Gasteiger partial charge is 0.450 e. The van der Waals surface area contributed by atoms with Gasteiger partial charge < -0.3 is 4.74 Å². The lowest BCUT2D eigenvalue weighted by atomic mass is 10.1. The van der Waals surface area contributed by atoms with Crippen LogP contribution in [0.5, 0.6) is 6.01 Å². The number of nitrogens with zero attached hydrogens (tertiary/aromatic N) is 2. The average molecular weight is 275 g/mol. The van der Waals surface area contributed by atoms with Gasteiger partial charge in [0.25, 0.3) is 5.91 Å². The maximum absolute atomic E-state index is 12.4. The molecule has 1 N–H and O–H groups in total. The lowest BCUT2D eigenvalue weighted by Crippen LogP contribution is -2.46. The van der Waals surface area contributed by atoms with Crippen molar-refractivity contribution in [2.45, 2.75) is 25.1 Å². The number of aromatic nitrogens is 2. The number of nitrogens with one attached hydrogen (secondary N) is 1. The van der Waals surface area contributed by atoms with Gasteiger partial charge in [-0.25, -0.2) is 4.98 Å². The van der Waals surface area contributed by atoms with Crippen LogP contribution in [0.15, 0.2) is 12.3 Å². The van der Waals surface area contributed by atoms with Crippen molar-refractivity contribution in [1.82, 2.24) is 15.3 Å². The van der Waals surface area contributed by atoms with Crippen LogP contribution in [0.3, 0.4) is 0 Å². The van der Waals surface area contributed by atoms with Crippen LogP contribution in [-0.2, 0) is 15.8 Å². The molecule has 0 radical (unpaired) electrons. The zero-order valence-corrected chi connectivity index (χ0v) is 9.40. The van der Waals surface area contributed by atoms with E-state index < -0.39 is 35.8 Å². The standard InChI is InChI=1S/C10H8F3N3O3/c11-10(12,13)6-3-4-14-9(15-6)19-5-1-2-7(17)16-8(5)18/h3-5H,1-2H2,(H,16,17,18). The molecule has 1 aromatic heterocycles. The van der Waals surface area contributed by atoms with Crippen LogP contribution in [0, 0.1) is 0 Å².